The first-order chi connectivity index (χ1) is 15.1. The molecule has 1 aliphatic rings. The molecule has 1 aromatic heterocycles. The first kappa shape index (κ1) is 21.1. The molecule has 1 aliphatic heterocycles. The Balaban J connectivity index is 1.57. The quantitative estimate of drug-likeness (QED) is 0.614. The van der Waals surface area contributed by atoms with E-state index in [0.29, 0.717) is 29.4 Å². The molecular formula is C24H24ClN3O3. The van der Waals surface area contributed by atoms with Gasteiger partial charge in [0, 0.05) is 40.1 Å². The number of aromatic nitrogens is 1. The molecule has 1 amide bonds. The number of halogens is 1. The maximum absolute atomic E-state index is 13.3. The number of nitrogens with zero attached hydrogens (tertiary/aromatic N) is 2. The number of ether oxygens (including phenoxy) is 2. The number of H-pyrrole nitrogens is 1. The van der Waals surface area contributed by atoms with Crippen molar-refractivity contribution in [1.29, 1.82) is 5.26 Å². The monoisotopic (exact) mass is 437 g/mol. The summed E-state index contributed by atoms with van der Waals surface area (Å²) in [5.74, 6) is 1.79. The highest BCUT2D eigenvalue weighted by molar-refractivity contribution is 6.31. The zero-order valence-corrected chi connectivity index (χ0v) is 18.3. The van der Waals surface area contributed by atoms with Crippen LogP contribution in [0, 0.1) is 11.3 Å². The number of benzene rings is 2. The van der Waals surface area contributed by atoms with Crippen LogP contribution in [0.5, 0.6) is 11.5 Å². The van der Waals surface area contributed by atoms with E-state index in [0.717, 1.165) is 40.8 Å². The smallest absolute Gasteiger partial charge is 0.270 e. The van der Waals surface area contributed by atoms with E-state index in [1.165, 1.54) is 0 Å². The van der Waals surface area contributed by atoms with E-state index in [-0.39, 0.29) is 18.2 Å². The van der Waals surface area contributed by atoms with Gasteiger partial charge in [0.05, 0.1) is 26.7 Å². The van der Waals surface area contributed by atoms with Gasteiger partial charge in [0.1, 0.15) is 17.2 Å². The van der Waals surface area contributed by atoms with Crippen molar-refractivity contribution in [3.05, 3.63) is 58.2 Å². The van der Waals surface area contributed by atoms with E-state index in [1.807, 2.05) is 29.2 Å². The fraction of sp³-hybridized carbons (Fsp3) is 0.333. The fourth-order valence-corrected chi connectivity index (χ4v) is 4.65. The Morgan fingerprint density at radius 3 is 2.48 bits per heavy atom. The van der Waals surface area contributed by atoms with Crippen LogP contribution in [0.1, 0.15) is 40.4 Å². The highest BCUT2D eigenvalue weighted by atomic mass is 35.5. The van der Waals surface area contributed by atoms with Crippen LogP contribution in [0.4, 0.5) is 0 Å². The molecule has 4 rings (SSSR count). The Labute approximate surface area is 186 Å². The Morgan fingerprint density at radius 2 is 1.87 bits per heavy atom. The first-order valence-corrected chi connectivity index (χ1v) is 10.6. The summed E-state index contributed by atoms with van der Waals surface area (Å²) in [6, 6.07) is 13.4. The molecule has 1 saturated heterocycles. The molecule has 2 aromatic carbocycles. The average Bonchev–Trinajstić information content (AvgIpc) is 3.16. The van der Waals surface area contributed by atoms with Gasteiger partial charge in [0.15, 0.2) is 0 Å². The van der Waals surface area contributed by atoms with Crippen LogP contribution in [-0.2, 0) is 6.42 Å². The van der Waals surface area contributed by atoms with Crippen molar-refractivity contribution in [1.82, 2.24) is 9.88 Å². The lowest BCUT2D eigenvalue weighted by Crippen LogP contribution is -2.38. The van der Waals surface area contributed by atoms with E-state index in [1.54, 1.807) is 26.4 Å². The molecule has 0 unspecified atom stereocenters. The van der Waals surface area contributed by atoms with Gasteiger partial charge in [0.25, 0.3) is 5.91 Å². The van der Waals surface area contributed by atoms with Crippen LogP contribution in [0.2, 0.25) is 5.02 Å². The highest BCUT2D eigenvalue weighted by Crippen LogP contribution is 2.40. The van der Waals surface area contributed by atoms with E-state index < -0.39 is 0 Å². The normalized spacial score (nSPS) is 14.5. The topological polar surface area (TPSA) is 78.3 Å². The van der Waals surface area contributed by atoms with E-state index in [2.05, 4.69) is 11.1 Å². The van der Waals surface area contributed by atoms with Gasteiger partial charge in [-0.15, -0.1) is 0 Å². The van der Waals surface area contributed by atoms with E-state index in [9.17, 15) is 10.1 Å². The summed E-state index contributed by atoms with van der Waals surface area (Å²) >= 11 is 6.14. The van der Waals surface area contributed by atoms with Gasteiger partial charge in [-0.1, -0.05) is 17.7 Å². The zero-order valence-electron chi connectivity index (χ0n) is 17.6. The fourth-order valence-electron chi connectivity index (χ4n) is 4.48. The van der Waals surface area contributed by atoms with Crippen molar-refractivity contribution in [3.8, 4) is 17.6 Å². The van der Waals surface area contributed by atoms with Gasteiger partial charge in [-0.25, -0.2) is 0 Å². The average molecular weight is 438 g/mol. The lowest BCUT2D eigenvalue weighted by atomic mass is 9.88. The lowest BCUT2D eigenvalue weighted by molar-refractivity contribution is 0.0706. The maximum atomic E-state index is 13.3. The van der Waals surface area contributed by atoms with E-state index >= 15 is 0 Å². The summed E-state index contributed by atoms with van der Waals surface area (Å²) in [7, 11) is 3.33. The summed E-state index contributed by atoms with van der Waals surface area (Å²) in [5.41, 5.74) is 3.06. The molecule has 1 fully saturated rings. The Kier molecular flexibility index (Phi) is 6.06. The van der Waals surface area contributed by atoms with Crippen LogP contribution in [-0.4, -0.2) is 43.1 Å². The Morgan fingerprint density at radius 1 is 1.19 bits per heavy atom. The van der Waals surface area contributed by atoms with Crippen LogP contribution in [0.15, 0.2) is 36.4 Å². The molecule has 6 nitrogen and oxygen atoms in total. The lowest BCUT2D eigenvalue weighted by Gasteiger charge is -2.33. The summed E-state index contributed by atoms with van der Waals surface area (Å²) in [6.07, 6.45) is 1.76. The number of piperidine rings is 1. The number of aromatic amines is 1. The molecule has 2 heterocycles. The number of carbonyl (C=O) groups is 1. The number of nitrogens with one attached hydrogen (secondary N) is 1. The van der Waals surface area contributed by atoms with E-state index in [4.69, 9.17) is 21.1 Å². The molecule has 160 valence electrons. The summed E-state index contributed by atoms with van der Waals surface area (Å²) in [4.78, 5) is 18.4. The minimum absolute atomic E-state index is 0.0805. The molecule has 31 heavy (non-hydrogen) atoms. The molecule has 0 aliphatic carbocycles. The van der Waals surface area contributed by atoms with Gasteiger partial charge >= 0.3 is 0 Å². The summed E-state index contributed by atoms with van der Waals surface area (Å²) in [6.45, 7) is 1.24. The van der Waals surface area contributed by atoms with Crippen LogP contribution < -0.4 is 9.47 Å². The predicted molar refractivity (Wildman–Crippen MR) is 120 cm³/mol. The van der Waals surface area contributed by atoms with Gasteiger partial charge in [-0.3, -0.25) is 4.79 Å². The largest absolute Gasteiger partial charge is 0.496 e. The second-order valence-electron chi connectivity index (χ2n) is 7.65. The maximum Gasteiger partial charge on any atom is 0.270 e. The highest BCUT2D eigenvalue weighted by Gasteiger charge is 2.30. The number of hydrogen-bond acceptors (Lipinski definition) is 4. The summed E-state index contributed by atoms with van der Waals surface area (Å²) < 4.78 is 11.1. The molecule has 0 radical (unpaired) electrons. The van der Waals surface area contributed by atoms with Crippen LogP contribution in [0.3, 0.4) is 0 Å². The van der Waals surface area contributed by atoms with Gasteiger partial charge < -0.3 is 19.4 Å². The third-order valence-corrected chi connectivity index (χ3v) is 6.23. The number of fused-ring (bicyclic) bond motifs is 1. The number of nitriles is 1. The minimum Gasteiger partial charge on any atom is -0.496 e. The number of likely N-dealkylation sites (tertiary alicyclic amines) is 1. The van der Waals surface area contributed by atoms with Crippen LogP contribution in [0.25, 0.3) is 10.9 Å². The third kappa shape index (κ3) is 3.94. The molecular weight excluding hydrogens is 414 g/mol. The Bertz CT molecular complexity index is 1130. The Hall–Kier alpha value is -3.17. The zero-order chi connectivity index (χ0) is 22.0. The molecule has 0 saturated carbocycles. The van der Waals surface area contributed by atoms with Crippen molar-refractivity contribution < 1.29 is 14.3 Å². The van der Waals surface area contributed by atoms with Gasteiger partial charge in [-0.2, -0.15) is 5.26 Å². The molecule has 0 bridgehead atoms. The molecule has 1 N–H and O–H groups in total. The number of rotatable bonds is 5. The summed E-state index contributed by atoms with van der Waals surface area (Å²) in [5, 5.41) is 10.7. The molecule has 7 heteroatoms. The van der Waals surface area contributed by atoms with Crippen molar-refractivity contribution in [2.24, 2.45) is 0 Å². The van der Waals surface area contributed by atoms with Gasteiger partial charge in [-0.05, 0) is 49.1 Å². The number of hydrogen-bond donors (Lipinski definition) is 1. The first-order valence-electron chi connectivity index (χ1n) is 10.2. The molecule has 3 aromatic rings. The SMILES string of the molecule is COc1cccc(OC)c1C1CCN(C(=O)c2[nH]c3ccc(Cl)cc3c2CC#N)CC1. The molecule has 0 atom stereocenters. The third-order valence-electron chi connectivity index (χ3n) is 5.99. The second-order valence-corrected chi connectivity index (χ2v) is 8.08. The predicted octanol–water partition coefficient (Wildman–Crippen LogP) is 4.92. The molecule has 0 spiro atoms. The standard InChI is InChI=1S/C24H24ClN3O3/c1-30-20-4-3-5-21(31-2)22(20)15-9-12-28(13-10-15)24(29)23-17(8-11-26)18-14-16(25)6-7-19(18)27-23/h3-7,14-15,27H,8-10,12-13H2,1-2H3. The van der Waals surface area contributed by atoms with Crippen molar-refractivity contribution in [2.45, 2.75) is 25.2 Å². The number of amides is 1. The van der Waals surface area contributed by atoms with Gasteiger partial charge in [0.2, 0.25) is 0 Å². The van der Waals surface area contributed by atoms with Crippen molar-refractivity contribution in [3.63, 3.8) is 0 Å². The number of methoxy groups -OCH3 is 2. The number of carbonyl (C=O) groups excluding carboxylic acids is 1. The second kappa shape index (κ2) is 8.91. The van der Waals surface area contributed by atoms with Crippen molar-refractivity contribution in [2.75, 3.05) is 27.3 Å². The minimum atomic E-state index is -0.0805. The van der Waals surface area contributed by atoms with Crippen LogP contribution >= 0.6 is 11.6 Å². The van der Waals surface area contributed by atoms with Crippen molar-refractivity contribution >= 4 is 28.4 Å².